The van der Waals surface area contributed by atoms with Gasteiger partial charge >= 0.3 is 0 Å². The molecule has 2 aromatic heterocycles. The Morgan fingerprint density at radius 2 is 2.24 bits per heavy atom. The zero-order valence-electron chi connectivity index (χ0n) is 9.68. The molecule has 2 heterocycles. The van der Waals surface area contributed by atoms with Crippen LogP contribution in [0.5, 0.6) is 0 Å². The van der Waals surface area contributed by atoms with E-state index in [-0.39, 0.29) is 5.92 Å². The maximum Gasteiger partial charge on any atom is 0.231 e. The van der Waals surface area contributed by atoms with Crippen molar-refractivity contribution in [1.29, 1.82) is 0 Å². The van der Waals surface area contributed by atoms with Crippen LogP contribution in [0.3, 0.4) is 0 Å². The number of hydrogen-bond acceptors (Lipinski definition) is 5. The first-order valence-electron chi connectivity index (χ1n) is 5.41. The van der Waals surface area contributed by atoms with Crippen LogP contribution in [-0.4, -0.2) is 16.7 Å². The molecule has 17 heavy (non-hydrogen) atoms. The highest BCUT2D eigenvalue weighted by atomic mass is 79.9. The van der Waals surface area contributed by atoms with Gasteiger partial charge in [0, 0.05) is 6.54 Å². The lowest BCUT2D eigenvalue weighted by molar-refractivity contribution is 0.324. The Hall–Kier alpha value is -0.720. The van der Waals surface area contributed by atoms with Crippen LogP contribution in [0.15, 0.2) is 20.4 Å². The van der Waals surface area contributed by atoms with Crippen LogP contribution < -0.4 is 5.73 Å². The van der Waals surface area contributed by atoms with E-state index >= 15 is 0 Å². The van der Waals surface area contributed by atoms with E-state index in [1.54, 1.807) is 11.3 Å². The maximum absolute atomic E-state index is 5.73. The third-order valence-electron chi connectivity index (χ3n) is 2.61. The van der Waals surface area contributed by atoms with Crippen molar-refractivity contribution >= 4 is 27.3 Å². The third-order valence-corrected chi connectivity index (χ3v) is 4.23. The van der Waals surface area contributed by atoms with E-state index in [1.165, 1.54) is 0 Å². The van der Waals surface area contributed by atoms with Gasteiger partial charge in [0.15, 0.2) is 0 Å². The van der Waals surface area contributed by atoms with Crippen molar-refractivity contribution in [2.45, 2.75) is 19.8 Å². The predicted molar refractivity (Wildman–Crippen MR) is 71.9 cm³/mol. The lowest BCUT2D eigenvalue weighted by Crippen LogP contribution is -2.18. The first-order chi connectivity index (χ1) is 8.11. The van der Waals surface area contributed by atoms with E-state index in [0.29, 0.717) is 24.2 Å². The molecule has 0 saturated carbocycles. The fraction of sp³-hybridized carbons (Fsp3) is 0.455. The van der Waals surface area contributed by atoms with Crippen LogP contribution in [-0.2, 0) is 0 Å². The summed E-state index contributed by atoms with van der Waals surface area (Å²) < 4.78 is 6.35. The Kier molecular flexibility index (Phi) is 3.96. The molecule has 0 bridgehead atoms. The van der Waals surface area contributed by atoms with Crippen molar-refractivity contribution in [2.24, 2.45) is 11.7 Å². The van der Waals surface area contributed by atoms with E-state index in [0.717, 1.165) is 8.66 Å². The number of thiophene rings is 1. The average molecular weight is 316 g/mol. The molecule has 0 aromatic carbocycles. The zero-order chi connectivity index (χ0) is 12.4. The Balaban J connectivity index is 2.26. The number of hydrogen-bond donors (Lipinski definition) is 1. The summed E-state index contributed by atoms with van der Waals surface area (Å²) in [5.74, 6) is 1.78. The van der Waals surface area contributed by atoms with Gasteiger partial charge in [0.05, 0.1) is 14.6 Å². The highest BCUT2D eigenvalue weighted by Gasteiger charge is 2.21. The SMILES string of the molecule is CC(C)C(CN)c1nc(-c2ccc(Br)s2)no1. The predicted octanol–water partition coefficient (Wildman–Crippen LogP) is 3.26. The number of halogens is 1. The molecular weight excluding hydrogens is 302 g/mol. The summed E-state index contributed by atoms with van der Waals surface area (Å²) in [6.45, 7) is 4.72. The zero-order valence-corrected chi connectivity index (χ0v) is 12.1. The fourth-order valence-corrected chi connectivity index (χ4v) is 2.89. The molecule has 92 valence electrons. The lowest BCUT2D eigenvalue weighted by Gasteiger charge is -2.13. The molecule has 0 aliphatic heterocycles. The summed E-state index contributed by atoms with van der Waals surface area (Å²) >= 11 is 5.00. The van der Waals surface area contributed by atoms with Gasteiger partial charge in [-0.15, -0.1) is 11.3 Å². The summed E-state index contributed by atoms with van der Waals surface area (Å²) in [6.07, 6.45) is 0. The van der Waals surface area contributed by atoms with Crippen molar-refractivity contribution in [3.63, 3.8) is 0 Å². The van der Waals surface area contributed by atoms with Gasteiger partial charge in [0.25, 0.3) is 0 Å². The molecule has 2 aromatic rings. The number of nitrogens with zero attached hydrogens (tertiary/aromatic N) is 2. The van der Waals surface area contributed by atoms with E-state index in [2.05, 4.69) is 39.9 Å². The molecule has 0 spiro atoms. The summed E-state index contributed by atoms with van der Waals surface area (Å²) in [5, 5.41) is 4.00. The first kappa shape index (κ1) is 12.7. The summed E-state index contributed by atoms with van der Waals surface area (Å²) in [4.78, 5) is 5.41. The molecule has 6 heteroatoms. The molecular formula is C11H14BrN3OS. The summed E-state index contributed by atoms with van der Waals surface area (Å²) in [6, 6.07) is 3.94. The fourth-order valence-electron chi connectivity index (χ4n) is 1.58. The number of rotatable bonds is 4. The molecule has 0 radical (unpaired) electrons. The largest absolute Gasteiger partial charge is 0.339 e. The minimum atomic E-state index is 0.125. The van der Waals surface area contributed by atoms with E-state index in [9.17, 15) is 0 Å². The molecule has 2 rings (SSSR count). The van der Waals surface area contributed by atoms with Crippen molar-refractivity contribution < 1.29 is 4.52 Å². The van der Waals surface area contributed by atoms with Crippen molar-refractivity contribution in [3.05, 3.63) is 21.8 Å². The highest BCUT2D eigenvalue weighted by Crippen LogP contribution is 2.31. The second kappa shape index (κ2) is 5.29. The van der Waals surface area contributed by atoms with Crippen molar-refractivity contribution in [1.82, 2.24) is 10.1 Å². The molecule has 0 amide bonds. The van der Waals surface area contributed by atoms with Crippen LogP contribution in [0, 0.1) is 5.92 Å². The minimum absolute atomic E-state index is 0.125. The van der Waals surface area contributed by atoms with Gasteiger partial charge in [0.2, 0.25) is 11.7 Å². The second-order valence-corrected chi connectivity index (χ2v) is 6.61. The standard InChI is InChI=1S/C11H14BrN3OS/c1-6(2)7(5-13)11-14-10(15-16-11)8-3-4-9(12)17-8/h3-4,6-7H,5,13H2,1-2H3. The molecule has 0 aliphatic carbocycles. The maximum atomic E-state index is 5.73. The lowest BCUT2D eigenvalue weighted by atomic mass is 9.96. The van der Waals surface area contributed by atoms with E-state index in [4.69, 9.17) is 10.3 Å². The van der Waals surface area contributed by atoms with Crippen molar-refractivity contribution in [2.75, 3.05) is 6.54 Å². The molecule has 0 saturated heterocycles. The molecule has 0 aliphatic rings. The molecule has 1 atom stereocenters. The van der Waals surface area contributed by atoms with Gasteiger partial charge in [-0.1, -0.05) is 19.0 Å². The molecule has 2 N–H and O–H groups in total. The number of nitrogens with two attached hydrogens (primary N) is 1. The van der Waals surface area contributed by atoms with Crippen LogP contribution in [0.1, 0.15) is 25.7 Å². The topological polar surface area (TPSA) is 64.9 Å². The Labute approximate surface area is 112 Å². The van der Waals surface area contributed by atoms with Crippen LogP contribution in [0.2, 0.25) is 0 Å². The molecule has 0 fully saturated rings. The Morgan fingerprint density at radius 3 is 2.76 bits per heavy atom. The van der Waals surface area contributed by atoms with Gasteiger partial charge < -0.3 is 10.3 Å². The molecule has 4 nitrogen and oxygen atoms in total. The highest BCUT2D eigenvalue weighted by molar-refractivity contribution is 9.11. The smallest absolute Gasteiger partial charge is 0.231 e. The first-order valence-corrected chi connectivity index (χ1v) is 7.02. The average Bonchev–Trinajstić information content (AvgIpc) is 2.87. The van der Waals surface area contributed by atoms with Gasteiger partial charge in [-0.05, 0) is 34.0 Å². The molecule has 1 unspecified atom stereocenters. The van der Waals surface area contributed by atoms with Gasteiger partial charge in [-0.25, -0.2) is 0 Å². The Morgan fingerprint density at radius 1 is 1.47 bits per heavy atom. The quantitative estimate of drug-likeness (QED) is 0.940. The van der Waals surface area contributed by atoms with E-state index in [1.807, 2.05) is 12.1 Å². The number of aromatic nitrogens is 2. The van der Waals surface area contributed by atoms with Gasteiger partial charge in [-0.3, -0.25) is 0 Å². The summed E-state index contributed by atoms with van der Waals surface area (Å²) in [7, 11) is 0. The summed E-state index contributed by atoms with van der Waals surface area (Å²) in [5.41, 5.74) is 5.73. The van der Waals surface area contributed by atoms with Crippen LogP contribution in [0.4, 0.5) is 0 Å². The van der Waals surface area contributed by atoms with E-state index < -0.39 is 0 Å². The third kappa shape index (κ3) is 2.75. The normalized spacial score (nSPS) is 13.2. The second-order valence-electron chi connectivity index (χ2n) is 4.15. The Bertz CT molecular complexity index is 494. The van der Waals surface area contributed by atoms with Crippen molar-refractivity contribution in [3.8, 4) is 10.7 Å². The van der Waals surface area contributed by atoms with Crippen LogP contribution >= 0.6 is 27.3 Å². The monoisotopic (exact) mass is 315 g/mol. The van der Waals surface area contributed by atoms with Gasteiger partial charge in [0.1, 0.15) is 0 Å². The van der Waals surface area contributed by atoms with Gasteiger partial charge in [-0.2, -0.15) is 4.98 Å². The minimum Gasteiger partial charge on any atom is -0.339 e. The van der Waals surface area contributed by atoms with Crippen LogP contribution in [0.25, 0.3) is 10.7 Å².